The summed E-state index contributed by atoms with van der Waals surface area (Å²) in [5.41, 5.74) is 3.12. The van der Waals surface area contributed by atoms with Gasteiger partial charge in [0.15, 0.2) is 0 Å². The van der Waals surface area contributed by atoms with Gasteiger partial charge in [-0.3, -0.25) is 4.98 Å². The highest BCUT2D eigenvalue weighted by atomic mass is 35.5. The molecule has 22 heavy (non-hydrogen) atoms. The maximum Gasteiger partial charge on any atom is 0.245 e. The number of nitrogens with zero attached hydrogens (tertiary/aromatic N) is 2. The number of hydrogen-bond acceptors (Lipinski definition) is 3. The van der Waals surface area contributed by atoms with Gasteiger partial charge in [-0.05, 0) is 42.2 Å². The Labute approximate surface area is 134 Å². The first-order valence-corrected chi connectivity index (χ1v) is 7.83. The van der Waals surface area contributed by atoms with Crippen LogP contribution in [0.15, 0.2) is 53.1 Å². The Hall–Kier alpha value is -2.13. The molecule has 2 heterocycles. The van der Waals surface area contributed by atoms with Gasteiger partial charge < -0.3 is 4.42 Å². The highest BCUT2D eigenvalue weighted by Crippen LogP contribution is 2.35. The first-order valence-electron chi connectivity index (χ1n) is 7.45. The van der Waals surface area contributed by atoms with Crippen molar-refractivity contribution in [3.63, 3.8) is 0 Å². The molecule has 3 aromatic rings. The van der Waals surface area contributed by atoms with Crippen molar-refractivity contribution < 1.29 is 4.42 Å². The monoisotopic (exact) mass is 310 g/mol. The first kappa shape index (κ1) is 13.5. The molecule has 1 aromatic carbocycles. The fourth-order valence-electron chi connectivity index (χ4n) is 3.02. The zero-order chi connectivity index (χ0) is 14.9. The lowest BCUT2D eigenvalue weighted by atomic mass is 9.85. The zero-order valence-electron chi connectivity index (χ0n) is 12.0. The lowest BCUT2D eigenvalue weighted by Gasteiger charge is -2.20. The van der Waals surface area contributed by atoms with Crippen molar-refractivity contribution in [2.45, 2.75) is 25.2 Å². The summed E-state index contributed by atoms with van der Waals surface area (Å²) in [6, 6.07) is 13.9. The maximum absolute atomic E-state index is 6.11. The van der Waals surface area contributed by atoms with Gasteiger partial charge in [0.2, 0.25) is 5.89 Å². The summed E-state index contributed by atoms with van der Waals surface area (Å²) in [5, 5.41) is 0.789. The number of aromatic nitrogens is 2. The molecule has 110 valence electrons. The maximum atomic E-state index is 6.11. The Balaban J connectivity index is 1.63. The minimum Gasteiger partial charge on any atom is -0.440 e. The Morgan fingerprint density at radius 1 is 1.14 bits per heavy atom. The molecular formula is C18H15ClN2O. The average Bonchev–Trinajstić information content (AvgIpc) is 2.99. The molecule has 0 radical (unpaired) electrons. The van der Waals surface area contributed by atoms with Crippen LogP contribution in [-0.2, 0) is 12.8 Å². The minimum atomic E-state index is 0.452. The predicted octanol–water partition coefficient (Wildman–Crippen LogP) is 4.66. The van der Waals surface area contributed by atoms with Crippen LogP contribution in [0, 0.1) is 0 Å². The lowest BCUT2D eigenvalue weighted by molar-refractivity contribution is 0.464. The first-order chi connectivity index (χ1) is 10.8. The second kappa shape index (κ2) is 5.58. The number of rotatable bonds is 2. The van der Waals surface area contributed by atoms with Crippen LogP contribution >= 0.6 is 11.6 Å². The van der Waals surface area contributed by atoms with Crippen molar-refractivity contribution in [1.29, 1.82) is 0 Å². The molecule has 1 unspecified atom stereocenters. The van der Waals surface area contributed by atoms with E-state index in [-0.39, 0.29) is 0 Å². The predicted molar refractivity (Wildman–Crippen MR) is 86.0 cm³/mol. The molecule has 0 bridgehead atoms. The molecule has 2 aromatic heterocycles. The fraction of sp³-hybridized carbons (Fsp3) is 0.222. The SMILES string of the molecule is Clc1cccc(C2CCc3oc(-c4ccccn4)nc3C2)c1. The van der Waals surface area contributed by atoms with Gasteiger partial charge in [-0.25, -0.2) is 4.98 Å². The molecule has 4 rings (SSSR count). The van der Waals surface area contributed by atoms with E-state index in [2.05, 4.69) is 22.1 Å². The van der Waals surface area contributed by atoms with E-state index in [9.17, 15) is 0 Å². The third-order valence-corrected chi connectivity index (χ3v) is 4.38. The fourth-order valence-corrected chi connectivity index (χ4v) is 3.22. The normalized spacial score (nSPS) is 17.2. The smallest absolute Gasteiger partial charge is 0.245 e. The summed E-state index contributed by atoms with van der Waals surface area (Å²) in [7, 11) is 0. The number of halogens is 1. The average molecular weight is 311 g/mol. The van der Waals surface area contributed by atoms with E-state index in [1.165, 1.54) is 5.56 Å². The van der Waals surface area contributed by atoms with E-state index >= 15 is 0 Å². The molecule has 0 N–H and O–H groups in total. The number of oxazole rings is 1. The zero-order valence-corrected chi connectivity index (χ0v) is 12.8. The summed E-state index contributed by atoms with van der Waals surface area (Å²) in [6.07, 6.45) is 4.62. The number of pyridine rings is 1. The van der Waals surface area contributed by atoms with E-state index in [1.807, 2.05) is 30.3 Å². The second-order valence-corrected chi connectivity index (χ2v) is 6.04. The van der Waals surface area contributed by atoms with Gasteiger partial charge in [0.25, 0.3) is 0 Å². The Kier molecular flexibility index (Phi) is 3.43. The molecule has 0 saturated heterocycles. The van der Waals surface area contributed by atoms with Gasteiger partial charge >= 0.3 is 0 Å². The molecule has 3 nitrogen and oxygen atoms in total. The van der Waals surface area contributed by atoms with Gasteiger partial charge in [0.1, 0.15) is 11.5 Å². The summed E-state index contributed by atoms with van der Waals surface area (Å²) < 4.78 is 5.90. The van der Waals surface area contributed by atoms with Crippen molar-refractivity contribution >= 4 is 11.6 Å². The summed E-state index contributed by atoms with van der Waals surface area (Å²) in [5.74, 6) is 2.07. The minimum absolute atomic E-state index is 0.452. The lowest BCUT2D eigenvalue weighted by Crippen LogP contribution is -2.11. The Morgan fingerprint density at radius 3 is 2.91 bits per heavy atom. The highest BCUT2D eigenvalue weighted by molar-refractivity contribution is 6.30. The van der Waals surface area contributed by atoms with Crippen LogP contribution in [0.5, 0.6) is 0 Å². The molecule has 0 fully saturated rings. The molecule has 1 atom stereocenters. The molecule has 1 aliphatic carbocycles. The van der Waals surface area contributed by atoms with E-state index in [0.717, 1.165) is 41.4 Å². The number of hydrogen-bond donors (Lipinski definition) is 0. The standard InChI is InChI=1S/C18H15ClN2O/c19-14-5-3-4-12(10-14)13-7-8-17-16(11-13)21-18(22-17)15-6-1-2-9-20-15/h1-6,9-10,13H,7-8,11H2. The van der Waals surface area contributed by atoms with Crippen LogP contribution in [0.3, 0.4) is 0 Å². The number of aryl methyl sites for hydroxylation is 1. The topological polar surface area (TPSA) is 38.9 Å². The molecule has 4 heteroatoms. The van der Waals surface area contributed by atoms with E-state index in [4.69, 9.17) is 16.0 Å². The summed E-state index contributed by atoms with van der Waals surface area (Å²) in [4.78, 5) is 8.96. The molecular weight excluding hydrogens is 296 g/mol. The van der Waals surface area contributed by atoms with Crippen molar-refractivity contribution in [3.8, 4) is 11.6 Å². The van der Waals surface area contributed by atoms with E-state index in [1.54, 1.807) is 6.20 Å². The Morgan fingerprint density at radius 2 is 2.09 bits per heavy atom. The van der Waals surface area contributed by atoms with Crippen molar-refractivity contribution in [2.24, 2.45) is 0 Å². The third kappa shape index (κ3) is 2.53. The van der Waals surface area contributed by atoms with Gasteiger partial charge in [-0.2, -0.15) is 0 Å². The number of fused-ring (bicyclic) bond motifs is 1. The van der Waals surface area contributed by atoms with Crippen molar-refractivity contribution in [1.82, 2.24) is 9.97 Å². The molecule has 0 saturated carbocycles. The molecule has 0 aliphatic heterocycles. The largest absolute Gasteiger partial charge is 0.440 e. The van der Waals surface area contributed by atoms with Gasteiger partial charge in [0, 0.05) is 24.1 Å². The van der Waals surface area contributed by atoms with Gasteiger partial charge in [-0.1, -0.05) is 29.8 Å². The van der Waals surface area contributed by atoms with Crippen molar-refractivity contribution in [2.75, 3.05) is 0 Å². The van der Waals surface area contributed by atoms with Crippen LogP contribution in [0.1, 0.15) is 29.4 Å². The Bertz CT molecular complexity index is 798. The van der Waals surface area contributed by atoms with Crippen molar-refractivity contribution in [3.05, 3.63) is 70.7 Å². The second-order valence-electron chi connectivity index (χ2n) is 5.60. The van der Waals surface area contributed by atoms with Crippen LogP contribution < -0.4 is 0 Å². The van der Waals surface area contributed by atoms with Crippen LogP contribution in [-0.4, -0.2) is 9.97 Å². The number of benzene rings is 1. The summed E-state index contributed by atoms with van der Waals surface area (Å²) >= 11 is 6.11. The van der Waals surface area contributed by atoms with Crippen LogP contribution in [0.2, 0.25) is 5.02 Å². The quantitative estimate of drug-likeness (QED) is 0.691. The molecule has 1 aliphatic rings. The van der Waals surface area contributed by atoms with E-state index < -0.39 is 0 Å². The van der Waals surface area contributed by atoms with Gasteiger partial charge in [-0.15, -0.1) is 0 Å². The molecule has 0 amide bonds. The van der Waals surface area contributed by atoms with Gasteiger partial charge in [0.05, 0.1) is 5.69 Å². The summed E-state index contributed by atoms with van der Waals surface area (Å²) in [6.45, 7) is 0. The third-order valence-electron chi connectivity index (χ3n) is 4.14. The van der Waals surface area contributed by atoms with Crippen LogP contribution in [0.25, 0.3) is 11.6 Å². The van der Waals surface area contributed by atoms with E-state index in [0.29, 0.717) is 11.8 Å². The highest BCUT2D eigenvalue weighted by Gasteiger charge is 2.25. The molecule has 0 spiro atoms. The van der Waals surface area contributed by atoms with Crippen LogP contribution in [0.4, 0.5) is 0 Å².